The van der Waals surface area contributed by atoms with Gasteiger partial charge in [0.1, 0.15) is 5.82 Å². The van der Waals surface area contributed by atoms with Crippen molar-refractivity contribution in [2.75, 3.05) is 5.32 Å². The van der Waals surface area contributed by atoms with E-state index in [0.29, 0.717) is 22.1 Å². The molecular weight excluding hydrogens is 391 g/mol. The van der Waals surface area contributed by atoms with Gasteiger partial charge in [-0.3, -0.25) is 4.79 Å². The number of hydrogen-bond acceptors (Lipinski definition) is 3. The van der Waals surface area contributed by atoms with E-state index in [-0.39, 0.29) is 11.6 Å². The first kappa shape index (κ1) is 18.8. The average molecular weight is 407 g/mol. The lowest BCUT2D eigenvalue weighted by Crippen LogP contribution is -2.14. The van der Waals surface area contributed by atoms with Crippen molar-refractivity contribution in [2.24, 2.45) is 0 Å². The Kier molecular flexibility index (Phi) is 5.10. The molecule has 3 aromatic carbocycles. The van der Waals surface area contributed by atoms with Crippen LogP contribution in [0.3, 0.4) is 0 Å². The van der Waals surface area contributed by atoms with Gasteiger partial charge in [0.25, 0.3) is 5.91 Å². The molecule has 1 N–H and O–H groups in total. The Morgan fingerprint density at radius 1 is 1.03 bits per heavy atom. The zero-order valence-corrected chi connectivity index (χ0v) is 16.2. The minimum Gasteiger partial charge on any atom is -0.319 e. The molecule has 0 aliphatic rings. The van der Waals surface area contributed by atoms with Crippen LogP contribution in [0.15, 0.2) is 72.8 Å². The van der Waals surface area contributed by atoms with Crippen LogP contribution in [0.4, 0.5) is 10.1 Å². The lowest BCUT2D eigenvalue weighted by atomic mass is 10.2. The van der Waals surface area contributed by atoms with Gasteiger partial charge in [0, 0.05) is 16.3 Å². The molecule has 29 heavy (non-hydrogen) atoms. The summed E-state index contributed by atoms with van der Waals surface area (Å²) in [5.41, 5.74) is 3.01. The maximum Gasteiger partial charge on any atom is 0.295 e. The molecule has 0 radical (unpaired) electrons. The Morgan fingerprint density at radius 2 is 1.76 bits per heavy atom. The second kappa shape index (κ2) is 7.85. The van der Waals surface area contributed by atoms with E-state index in [4.69, 9.17) is 11.6 Å². The molecule has 0 atom stereocenters. The zero-order chi connectivity index (χ0) is 20.4. The molecule has 0 aliphatic heterocycles. The molecule has 144 valence electrons. The van der Waals surface area contributed by atoms with Crippen LogP contribution in [0, 0.1) is 12.7 Å². The molecule has 1 amide bonds. The van der Waals surface area contributed by atoms with E-state index < -0.39 is 5.91 Å². The fourth-order valence-electron chi connectivity index (χ4n) is 2.81. The van der Waals surface area contributed by atoms with Crippen LogP contribution in [0.1, 0.15) is 16.2 Å². The smallest absolute Gasteiger partial charge is 0.295 e. The number of benzene rings is 3. The third-order valence-corrected chi connectivity index (χ3v) is 4.51. The van der Waals surface area contributed by atoms with Crippen molar-refractivity contribution in [3.63, 3.8) is 0 Å². The summed E-state index contributed by atoms with van der Waals surface area (Å²) in [4.78, 5) is 17.1. The van der Waals surface area contributed by atoms with Gasteiger partial charge in [-0.15, -0.1) is 5.10 Å². The summed E-state index contributed by atoms with van der Waals surface area (Å²) in [6.45, 7) is 1.98. The molecular formula is C22H16ClFN4O. The highest BCUT2D eigenvalue weighted by Gasteiger charge is 2.19. The second-order valence-corrected chi connectivity index (χ2v) is 6.91. The number of halogens is 2. The maximum absolute atomic E-state index is 13.4. The van der Waals surface area contributed by atoms with Crippen LogP contribution in [-0.4, -0.2) is 20.7 Å². The Morgan fingerprint density at radius 3 is 2.45 bits per heavy atom. The number of rotatable bonds is 4. The fourth-order valence-corrected chi connectivity index (χ4v) is 3.00. The Balaban J connectivity index is 1.75. The van der Waals surface area contributed by atoms with Crippen LogP contribution in [0.5, 0.6) is 0 Å². The zero-order valence-electron chi connectivity index (χ0n) is 15.4. The first-order valence-electron chi connectivity index (χ1n) is 8.86. The minimum absolute atomic E-state index is 0.00937. The van der Waals surface area contributed by atoms with E-state index in [2.05, 4.69) is 15.4 Å². The summed E-state index contributed by atoms with van der Waals surface area (Å²) in [6.07, 6.45) is 0. The standard InChI is InChI=1S/C22H16ClFN4O/c1-14-5-11-19(12-6-14)28-21(15-7-9-17(24)10-8-15)26-20(27-28)22(29)25-18-4-2-3-16(23)13-18/h2-13H,1H3,(H,25,29). The molecule has 0 unspecified atom stereocenters. The molecule has 0 aliphatic carbocycles. The van der Waals surface area contributed by atoms with Crippen LogP contribution >= 0.6 is 11.6 Å². The number of nitrogens with one attached hydrogen (secondary N) is 1. The highest BCUT2D eigenvalue weighted by molar-refractivity contribution is 6.30. The van der Waals surface area contributed by atoms with Crippen LogP contribution in [-0.2, 0) is 0 Å². The van der Waals surface area contributed by atoms with Gasteiger partial charge in [-0.25, -0.2) is 14.1 Å². The monoisotopic (exact) mass is 406 g/mol. The van der Waals surface area contributed by atoms with Gasteiger partial charge in [-0.1, -0.05) is 35.4 Å². The third-order valence-electron chi connectivity index (χ3n) is 4.27. The number of anilines is 1. The molecule has 1 heterocycles. The van der Waals surface area contributed by atoms with Crippen LogP contribution in [0.2, 0.25) is 5.02 Å². The predicted molar refractivity (Wildman–Crippen MR) is 111 cm³/mol. The largest absolute Gasteiger partial charge is 0.319 e. The first-order chi connectivity index (χ1) is 14.0. The van der Waals surface area contributed by atoms with Crippen molar-refractivity contribution in [3.05, 3.63) is 95.0 Å². The molecule has 0 spiro atoms. The number of aromatic nitrogens is 3. The molecule has 0 saturated carbocycles. The average Bonchev–Trinajstić information content (AvgIpc) is 3.15. The first-order valence-corrected chi connectivity index (χ1v) is 9.24. The molecule has 4 aromatic rings. The summed E-state index contributed by atoms with van der Waals surface area (Å²) in [5, 5.41) is 7.64. The summed E-state index contributed by atoms with van der Waals surface area (Å²) >= 11 is 5.97. The molecule has 0 fully saturated rings. The van der Waals surface area contributed by atoms with Crippen molar-refractivity contribution in [1.82, 2.24) is 14.8 Å². The van der Waals surface area contributed by atoms with Crippen molar-refractivity contribution in [2.45, 2.75) is 6.92 Å². The highest BCUT2D eigenvalue weighted by Crippen LogP contribution is 2.23. The van der Waals surface area contributed by atoms with E-state index in [0.717, 1.165) is 11.3 Å². The van der Waals surface area contributed by atoms with Gasteiger partial charge < -0.3 is 5.32 Å². The van der Waals surface area contributed by atoms with Gasteiger partial charge in [0.15, 0.2) is 5.82 Å². The fraction of sp³-hybridized carbons (Fsp3) is 0.0455. The van der Waals surface area contributed by atoms with Gasteiger partial charge in [-0.2, -0.15) is 0 Å². The van der Waals surface area contributed by atoms with Crippen molar-refractivity contribution in [1.29, 1.82) is 0 Å². The van der Waals surface area contributed by atoms with Crippen molar-refractivity contribution >= 4 is 23.2 Å². The van der Waals surface area contributed by atoms with Crippen molar-refractivity contribution < 1.29 is 9.18 Å². The molecule has 7 heteroatoms. The number of hydrogen-bond donors (Lipinski definition) is 1. The Labute approximate surface area is 171 Å². The van der Waals surface area contributed by atoms with Gasteiger partial charge in [0.2, 0.25) is 5.82 Å². The lowest BCUT2D eigenvalue weighted by molar-refractivity contribution is 0.101. The van der Waals surface area contributed by atoms with E-state index in [1.807, 2.05) is 31.2 Å². The van der Waals surface area contributed by atoms with Gasteiger partial charge in [0.05, 0.1) is 5.69 Å². The molecule has 0 saturated heterocycles. The molecule has 1 aromatic heterocycles. The number of aryl methyl sites for hydroxylation is 1. The van der Waals surface area contributed by atoms with Gasteiger partial charge >= 0.3 is 0 Å². The topological polar surface area (TPSA) is 59.8 Å². The highest BCUT2D eigenvalue weighted by atomic mass is 35.5. The number of carbonyl (C=O) groups is 1. The third kappa shape index (κ3) is 4.17. The predicted octanol–water partition coefficient (Wildman–Crippen LogP) is 5.29. The maximum atomic E-state index is 13.4. The number of amides is 1. The molecule has 5 nitrogen and oxygen atoms in total. The van der Waals surface area contributed by atoms with Crippen LogP contribution < -0.4 is 5.32 Å². The number of nitrogens with zero attached hydrogens (tertiary/aromatic N) is 3. The quantitative estimate of drug-likeness (QED) is 0.501. The molecule has 4 rings (SSSR count). The summed E-state index contributed by atoms with van der Waals surface area (Å²) in [5.74, 6) is -0.398. The van der Waals surface area contributed by atoms with E-state index in [1.54, 1.807) is 41.1 Å². The SMILES string of the molecule is Cc1ccc(-n2nc(C(=O)Nc3cccc(Cl)c3)nc2-c2ccc(F)cc2)cc1. The summed E-state index contributed by atoms with van der Waals surface area (Å²) < 4.78 is 14.9. The Bertz CT molecular complexity index is 1110. The lowest BCUT2D eigenvalue weighted by Gasteiger charge is -2.06. The molecule has 0 bridgehead atoms. The minimum atomic E-state index is -0.471. The van der Waals surface area contributed by atoms with Crippen LogP contribution in [0.25, 0.3) is 17.1 Å². The van der Waals surface area contributed by atoms with Gasteiger partial charge in [-0.05, 0) is 61.5 Å². The summed E-state index contributed by atoms with van der Waals surface area (Å²) in [6, 6.07) is 20.4. The summed E-state index contributed by atoms with van der Waals surface area (Å²) in [7, 11) is 0. The Hall–Kier alpha value is -3.51. The van der Waals surface area contributed by atoms with E-state index in [9.17, 15) is 9.18 Å². The number of carbonyl (C=O) groups excluding carboxylic acids is 1. The van der Waals surface area contributed by atoms with E-state index >= 15 is 0 Å². The van der Waals surface area contributed by atoms with Crippen molar-refractivity contribution in [3.8, 4) is 17.1 Å². The normalized spacial score (nSPS) is 10.7. The van der Waals surface area contributed by atoms with E-state index in [1.165, 1.54) is 12.1 Å². The second-order valence-electron chi connectivity index (χ2n) is 6.48.